The summed E-state index contributed by atoms with van der Waals surface area (Å²) in [5.74, 6) is 2.55. The molecule has 4 rings (SSSR count). The zero-order valence-corrected chi connectivity index (χ0v) is 14.3. The Kier molecular flexibility index (Phi) is 3.53. The molecule has 1 atom stereocenters. The highest BCUT2D eigenvalue weighted by atomic mass is 127. The first-order valence-electron chi connectivity index (χ1n) is 7.18. The Bertz CT molecular complexity index is 703. The molecule has 2 heterocycles. The smallest absolute Gasteiger partial charge is 0.146 e. The number of para-hydroxylation sites is 1. The number of ether oxygens (including phenoxy) is 1. The zero-order valence-electron chi connectivity index (χ0n) is 11.4. The van der Waals surface area contributed by atoms with Gasteiger partial charge in [-0.05, 0) is 47.9 Å². The number of fused-ring (bicyclic) bond motifs is 1. The topological polar surface area (TPSA) is 35.0 Å². The molecule has 0 saturated heterocycles. The number of benzene rings is 1. The van der Waals surface area contributed by atoms with Gasteiger partial charge in [0.25, 0.3) is 0 Å². The fraction of sp³-hybridized carbons (Fsp3) is 0.375. The molecule has 1 saturated carbocycles. The van der Waals surface area contributed by atoms with E-state index in [1.54, 1.807) is 0 Å². The number of aromatic nitrogens is 2. The molecule has 0 bridgehead atoms. The van der Waals surface area contributed by atoms with Gasteiger partial charge >= 0.3 is 0 Å². The number of rotatable bonds is 2. The van der Waals surface area contributed by atoms with Crippen molar-refractivity contribution < 1.29 is 4.74 Å². The van der Waals surface area contributed by atoms with Crippen molar-refractivity contribution in [3.05, 3.63) is 50.1 Å². The molecule has 1 aliphatic carbocycles. The quantitative estimate of drug-likeness (QED) is 0.537. The van der Waals surface area contributed by atoms with Gasteiger partial charge in [-0.15, -0.1) is 0 Å². The minimum atomic E-state index is 0.182. The van der Waals surface area contributed by atoms with Gasteiger partial charge in [0.1, 0.15) is 16.7 Å². The van der Waals surface area contributed by atoms with Gasteiger partial charge in [0.15, 0.2) is 0 Å². The minimum absolute atomic E-state index is 0.182. The van der Waals surface area contributed by atoms with Crippen LogP contribution in [0.4, 0.5) is 0 Å². The summed E-state index contributed by atoms with van der Waals surface area (Å²) >= 11 is 8.61. The van der Waals surface area contributed by atoms with Crippen LogP contribution in [0.15, 0.2) is 24.3 Å². The van der Waals surface area contributed by atoms with E-state index in [4.69, 9.17) is 21.3 Å². The maximum atomic E-state index is 6.35. The van der Waals surface area contributed by atoms with Crippen molar-refractivity contribution in [3.63, 3.8) is 0 Å². The Morgan fingerprint density at radius 2 is 1.95 bits per heavy atom. The summed E-state index contributed by atoms with van der Waals surface area (Å²) in [5.41, 5.74) is 2.30. The SMILES string of the molecule is Clc1nc(C2CCOc3ccccc32)nc(C2CC2)c1I. The van der Waals surface area contributed by atoms with Crippen LogP contribution in [0.3, 0.4) is 0 Å². The van der Waals surface area contributed by atoms with Crippen molar-refractivity contribution in [2.75, 3.05) is 6.61 Å². The molecule has 2 aromatic rings. The highest BCUT2D eigenvalue weighted by Gasteiger charge is 2.32. The lowest BCUT2D eigenvalue weighted by molar-refractivity contribution is 0.274. The first-order valence-corrected chi connectivity index (χ1v) is 8.64. The van der Waals surface area contributed by atoms with Crippen LogP contribution in [0.5, 0.6) is 5.75 Å². The highest BCUT2D eigenvalue weighted by Crippen LogP contribution is 2.44. The molecule has 0 spiro atoms. The van der Waals surface area contributed by atoms with Gasteiger partial charge in [-0.3, -0.25) is 0 Å². The van der Waals surface area contributed by atoms with Gasteiger partial charge in [0, 0.05) is 11.5 Å². The monoisotopic (exact) mass is 412 g/mol. The summed E-state index contributed by atoms with van der Waals surface area (Å²) in [7, 11) is 0. The Balaban J connectivity index is 1.81. The molecule has 1 aromatic heterocycles. The van der Waals surface area contributed by atoms with Crippen LogP contribution in [-0.2, 0) is 0 Å². The lowest BCUT2D eigenvalue weighted by Crippen LogP contribution is -2.18. The summed E-state index contributed by atoms with van der Waals surface area (Å²) < 4.78 is 6.74. The fourth-order valence-electron chi connectivity index (χ4n) is 2.85. The lowest BCUT2D eigenvalue weighted by Gasteiger charge is -2.25. The molecule has 5 heteroatoms. The third-order valence-electron chi connectivity index (χ3n) is 4.09. The summed E-state index contributed by atoms with van der Waals surface area (Å²) in [6.07, 6.45) is 3.33. The van der Waals surface area contributed by atoms with E-state index in [1.807, 2.05) is 18.2 Å². The van der Waals surface area contributed by atoms with Crippen molar-refractivity contribution in [2.45, 2.75) is 31.1 Å². The van der Waals surface area contributed by atoms with Crippen molar-refractivity contribution in [1.82, 2.24) is 9.97 Å². The van der Waals surface area contributed by atoms with E-state index in [9.17, 15) is 0 Å². The van der Waals surface area contributed by atoms with Crippen LogP contribution in [0.25, 0.3) is 0 Å². The van der Waals surface area contributed by atoms with E-state index in [0.29, 0.717) is 17.7 Å². The van der Waals surface area contributed by atoms with Gasteiger partial charge in [0.05, 0.1) is 21.8 Å². The standard InChI is InChI=1S/C16H14ClIN2O/c17-15-13(18)14(9-5-6-9)19-16(20-15)11-7-8-21-12-4-2-1-3-10(11)12/h1-4,9,11H,5-8H2. The summed E-state index contributed by atoms with van der Waals surface area (Å²) in [6.45, 7) is 0.702. The molecule has 1 aliphatic heterocycles. The van der Waals surface area contributed by atoms with Gasteiger partial charge in [0.2, 0.25) is 0 Å². The molecule has 3 nitrogen and oxygen atoms in total. The number of hydrogen-bond acceptors (Lipinski definition) is 3. The number of halogens is 2. The first-order chi connectivity index (χ1) is 10.2. The molecule has 108 valence electrons. The minimum Gasteiger partial charge on any atom is -0.493 e. The maximum Gasteiger partial charge on any atom is 0.146 e. The van der Waals surface area contributed by atoms with E-state index in [-0.39, 0.29) is 5.92 Å². The van der Waals surface area contributed by atoms with Crippen LogP contribution in [0.1, 0.15) is 48.2 Å². The van der Waals surface area contributed by atoms with Crippen LogP contribution in [0.2, 0.25) is 5.15 Å². The van der Waals surface area contributed by atoms with E-state index in [0.717, 1.165) is 27.3 Å². The Morgan fingerprint density at radius 1 is 1.14 bits per heavy atom. The van der Waals surface area contributed by atoms with Crippen LogP contribution < -0.4 is 4.74 Å². The molecule has 2 aliphatic rings. The van der Waals surface area contributed by atoms with Gasteiger partial charge in [-0.1, -0.05) is 29.8 Å². The van der Waals surface area contributed by atoms with E-state index in [1.165, 1.54) is 18.4 Å². The largest absolute Gasteiger partial charge is 0.493 e. The van der Waals surface area contributed by atoms with Gasteiger partial charge < -0.3 is 4.74 Å². The Morgan fingerprint density at radius 3 is 2.76 bits per heavy atom. The number of hydrogen-bond donors (Lipinski definition) is 0. The number of nitrogens with zero attached hydrogens (tertiary/aromatic N) is 2. The van der Waals surface area contributed by atoms with Crippen molar-refractivity contribution >= 4 is 34.2 Å². The summed E-state index contributed by atoms with van der Waals surface area (Å²) in [6, 6.07) is 8.15. The predicted octanol–water partition coefficient (Wildman–Crippen LogP) is 4.53. The summed E-state index contributed by atoms with van der Waals surface area (Å²) in [5, 5.41) is 0.589. The van der Waals surface area contributed by atoms with Crippen LogP contribution in [0, 0.1) is 3.57 Å². The molecule has 1 aromatic carbocycles. The van der Waals surface area contributed by atoms with Gasteiger partial charge in [-0.2, -0.15) is 0 Å². The Hall–Kier alpha value is -0.880. The molecule has 21 heavy (non-hydrogen) atoms. The summed E-state index contributed by atoms with van der Waals surface area (Å²) in [4.78, 5) is 9.42. The van der Waals surface area contributed by atoms with Gasteiger partial charge in [-0.25, -0.2) is 9.97 Å². The maximum absolute atomic E-state index is 6.35. The third kappa shape index (κ3) is 2.52. The second-order valence-electron chi connectivity index (χ2n) is 5.57. The average Bonchev–Trinajstić information content (AvgIpc) is 3.34. The molecule has 1 unspecified atom stereocenters. The predicted molar refractivity (Wildman–Crippen MR) is 90.1 cm³/mol. The third-order valence-corrected chi connectivity index (χ3v) is 5.74. The molecular weight excluding hydrogens is 399 g/mol. The molecular formula is C16H14ClIN2O. The second-order valence-corrected chi connectivity index (χ2v) is 7.01. The Labute approximate surface area is 142 Å². The average molecular weight is 413 g/mol. The molecule has 0 N–H and O–H groups in total. The van der Waals surface area contributed by atoms with Crippen LogP contribution in [-0.4, -0.2) is 16.6 Å². The van der Waals surface area contributed by atoms with E-state index in [2.05, 4.69) is 33.6 Å². The molecule has 0 radical (unpaired) electrons. The van der Waals surface area contributed by atoms with Crippen molar-refractivity contribution in [3.8, 4) is 5.75 Å². The molecule has 0 amide bonds. The van der Waals surface area contributed by atoms with E-state index < -0.39 is 0 Å². The zero-order chi connectivity index (χ0) is 14.4. The first kappa shape index (κ1) is 13.8. The van der Waals surface area contributed by atoms with Crippen LogP contribution >= 0.6 is 34.2 Å². The fourth-order valence-corrected chi connectivity index (χ4v) is 3.71. The molecule has 1 fully saturated rings. The lowest BCUT2D eigenvalue weighted by atomic mass is 9.92. The van der Waals surface area contributed by atoms with Crippen molar-refractivity contribution in [2.24, 2.45) is 0 Å². The van der Waals surface area contributed by atoms with E-state index >= 15 is 0 Å². The second kappa shape index (κ2) is 5.39. The highest BCUT2D eigenvalue weighted by molar-refractivity contribution is 14.1. The van der Waals surface area contributed by atoms with Crippen molar-refractivity contribution in [1.29, 1.82) is 0 Å². The normalized spacial score (nSPS) is 20.8.